The maximum Gasteiger partial charge on any atom is 0.264 e. The second kappa shape index (κ2) is 16.6. The number of hydrogen-bond donors (Lipinski definition) is 1. The fraction of sp³-hybridized carbons (Fsp3) is 0.316. The van der Waals surface area contributed by atoms with E-state index in [4.69, 9.17) is 32.7 Å². The van der Waals surface area contributed by atoms with E-state index in [9.17, 15) is 18.0 Å². The van der Waals surface area contributed by atoms with Crippen LogP contribution in [0.1, 0.15) is 42.4 Å². The van der Waals surface area contributed by atoms with Crippen molar-refractivity contribution in [2.24, 2.45) is 0 Å². The molecule has 4 aromatic carbocycles. The van der Waals surface area contributed by atoms with Gasteiger partial charge >= 0.3 is 0 Å². The zero-order valence-electron chi connectivity index (χ0n) is 28.3. The van der Waals surface area contributed by atoms with Crippen LogP contribution in [-0.2, 0) is 32.6 Å². The summed E-state index contributed by atoms with van der Waals surface area (Å²) in [6.07, 6.45) is 3.93. The Bertz CT molecular complexity index is 1900. The van der Waals surface area contributed by atoms with Crippen LogP contribution in [-0.4, -0.2) is 58.0 Å². The van der Waals surface area contributed by atoms with Gasteiger partial charge in [-0.2, -0.15) is 0 Å². The van der Waals surface area contributed by atoms with Crippen LogP contribution in [0.4, 0.5) is 5.69 Å². The summed E-state index contributed by atoms with van der Waals surface area (Å²) in [5.74, 6) is -0.229. The van der Waals surface area contributed by atoms with Crippen molar-refractivity contribution in [2.45, 2.75) is 62.6 Å². The summed E-state index contributed by atoms with van der Waals surface area (Å²) >= 11 is 12.6. The first-order valence-corrected chi connectivity index (χ1v) is 18.6. The number of sulfonamides is 1. The number of anilines is 1. The van der Waals surface area contributed by atoms with E-state index >= 15 is 0 Å². The molecule has 1 fully saturated rings. The summed E-state index contributed by atoms with van der Waals surface area (Å²) in [7, 11) is -1.38. The third-order valence-electron chi connectivity index (χ3n) is 8.85. The zero-order valence-corrected chi connectivity index (χ0v) is 30.6. The quantitative estimate of drug-likeness (QED) is 0.147. The standard InChI is InChI=1S/C38H41Cl2N3O6S/c1-26-13-17-31(18-14-26)50(46,47)43(30-16-20-35(48-2)36(23-30)49-3)25-37(44)42(24-28-15-19-32(39)33(40)21-28)34(22-27-9-5-4-6-10-27)38(45)41-29-11-7-8-12-29/h4-6,9-10,13-21,23,29,34H,7-8,11-12,22,24-25H2,1-3H3,(H,41,45)/t34-/m1/s1. The van der Waals surface area contributed by atoms with Gasteiger partial charge < -0.3 is 19.7 Å². The molecule has 12 heteroatoms. The Labute approximate surface area is 304 Å². The molecule has 0 heterocycles. The molecule has 2 amide bonds. The van der Waals surface area contributed by atoms with Crippen molar-refractivity contribution < 1.29 is 27.5 Å². The highest BCUT2D eigenvalue weighted by Gasteiger charge is 2.36. The van der Waals surface area contributed by atoms with Crippen LogP contribution in [0.3, 0.4) is 0 Å². The summed E-state index contributed by atoms with van der Waals surface area (Å²) in [5.41, 5.74) is 2.53. The minimum absolute atomic E-state index is 0.00142. The minimum Gasteiger partial charge on any atom is -0.493 e. The highest BCUT2D eigenvalue weighted by Crippen LogP contribution is 2.34. The van der Waals surface area contributed by atoms with Crippen molar-refractivity contribution in [1.82, 2.24) is 10.2 Å². The first-order chi connectivity index (χ1) is 24.0. The lowest BCUT2D eigenvalue weighted by atomic mass is 10.0. The van der Waals surface area contributed by atoms with Gasteiger partial charge in [-0.3, -0.25) is 13.9 Å². The maximum absolute atomic E-state index is 14.8. The van der Waals surface area contributed by atoms with Crippen LogP contribution in [0, 0.1) is 6.92 Å². The highest BCUT2D eigenvalue weighted by molar-refractivity contribution is 7.92. The van der Waals surface area contributed by atoms with Gasteiger partial charge in [0, 0.05) is 25.1 Å². The molecular weight excluding hydrogens is 697 g/mol. The van der Waals surface area contributed by atoms with Gasteiger partial charge in [-0.05, 0) is 67.3 Å². The van der Waals surface area contributed by atoms with Crippen LogP contribution in [0.2, 0.25) is 10.0 Å². The molecule has 1 aliphatic rings. The van der Waals surface area contributed by atoms with Gasteiger partial charge in [-0.1, -0.05) is 90.1 Å². The van der Waals surface area contributed by atoms with Crippen molar-refractivity contribution in [3.8, 4) is 11.5 Å². The van der Waals surface area contributed by atoms with Gasteiger partial charge in [-0.15, -0.1) is 0 Å². The number of carbonyl (C=O) groups excluding carboxylic acids is 2. The Kier molecular flexibility index (Phi) is 12.3. The lowest BCUT2D eigenvalue weighted by molar-refractivity contribution is -0.140. The number of rotatable bonds is 14. The van der Waals surface area contributed by atoms with Gasteiger partial charge in [0.15, 0.2) is 11.5 Å². The highest BCUT2D eigenvalue weighted by atomic mass is 35.5. The minimum atomic E-state index is -4.30. The Morgan fingerprint density at radius 2 is 1.52 bits per heavy atom. The van der Waals surface area contributed by atoms with E-state index < -0.39 is 28.5 Å². The Balaban J connectivity index is 1.61. The molecule has 0 bridgehead atoms. The molecule has 50 heavy (non-hydrogen) atoms. The molecular formula is C38H41Cl2N3O6S. The predicted molar refractivity (Wildman–Crippen MR) is 197 cm³/mol. The molecule has 1 atom stereocenters. The first kappa shape index (κ1) is 37.0. The average molecular weight is 739 g/mol. The number of nitrogens with zero attached hydrogens (tertiary/aromatic N) is 2. The number of nitrogens with one attached hydrogen (secondary N) is 1. The maximum atomic E-state index is 14.8. The third kappa shape index (κ3) is 8.91. The fourth-order valence-electron chi connectivity index (χ4n) is 6.10. The predicted octanol–water partition coefficient (Wildman–Crippen LogP) is 7.21. The van der Waals surface area contributed by atoms with E-state index in [1.807, 2.05) is 37.3 Å². The monoisotopic (exact) mass is 737 g/mol. The van der Waals surface area contributed by atoms with Crippen LogP contribution in [0.5, 0.6) is 11.5 Å². The number of carbonyl (C=O) groups is 2. The Morgan fingerprint density at radius 3 is 2.16 bits per heavy atom. The Morgan fingerprint density at radius 1 is 0.840 bits per heavy atom. The van der Waals surface area contributed by atoms with E-state index in [1.54, 1.807) is 42.5 Å². The van der Waals surface area contributed by atoms with Crippen molar-refractivity contribution in [2.75, 3.05) is 25.1 Å². The fourth-order valence-corrected chi connectivity index (χ4v) is 7.83. The SMILES string of the molecule is COc1ccc(N(CC(=O)N(Cc2ccc(Cl)c(Cl)c2)[C@H](Cc2ccccc2)C(=O)NC2CCCC2)S(=O)(=O)c2ccc(C)cc2)cc1OC. The zero-order chi connectivity index (χ0) is 35.8. The molecule has 0 radical (unpaired) electrons. The molecule has 264 valence electrons. The van der Waals surface area contributed by atoms with Gasteiger partial charge in [0.2, 0.25) is 11.8 Å². The summed E-state index contributed by atoms with van der Waals surface area (Å²) in [6.45, 7) is 1.21. The lowest BCUT2D eigenvalue weighted by Gasteiger charge is -2.34. The number of amides is 2. The number of ether oxygens (including phenoxy) is 2. The van der Waals surface area contributed by atoms with Crippen molar-refractivity contribution >= 4 is 50.7 Å². The molecule has 0 aliphatic heterocycles. The number of benzene rings is 4. The second-order valence-electron chi connectivity index (χ2n) is 12.3. The lowest BCUT2D eigenvalue weighted by Crippen LogP contribution is -2.54. The van der Waals surface area contributed by atoms with Crippen LogP contribution < -0.4 is 19.1 Å². The molecule has 4 aromatic rings. The molecule has 1 N–H and O–H groups in total. The van der Waals surface area contributed by atoms with Crippen LogP contribution in [0.15, 0.2) is 95.9 Å². The summed E-state index contributed by atoms with van der Waals surface area (Å²) < 4.78 is 40.7. The van der Waals surface area contributed by atoms with E-state index in [1.165, 1.54) is 37.3 Å². The van der Waals surface area contributed by atoms with Crippen molar-refractivity contribution in [1.29, 1.82) is 0 Å². The molecule has 9 nitrogen and oxygen atoms in total. The van der Waals surface area contributed by atoms with Crippen LogP contribution in [0.25, 0.3) is 0 Å². The van der Waals surface area contributed by atoms with Gasteiger partial charge in [0.05, 0.1) is 34.8 Å². The second-order valence-corrected chi connectivity index (χ2v) is 15.0. The normalized spacial score (nSPS) is 13.8. The average Bonchev–Trinajstić information content (AvgIpc) is 3.63. The molecule has 0 saturated heterocycles. The molecule has 0 unspecified atom stereocenters. The van der Waals surface area contributed by atoms with Gasteiger partial charge in [-0.25, -0.2) is 8.42 Å². The Hall–Kier alpha value is -4.25. The molecule has 1 saturated carbocycles. The number of hydrogen-bond acceptors (Lipinski definition) is 6. The van der Waals surface area contributed by atoms with E-state index in [2.05, 4.69) is 5.32 Å². The largest absolute Gasteiger partial charge is 0.493 e. The number of methoxy groups -OCH3 is 2. The smallest absolute Gasteiger partial charge is 0.264 e. The third-order valence-corrected chi connectivity index (χ3v) is 11.4. The molecule has 1 aliphatic carbocycles. The van der Waals surface area contributed by atoms with Crippen LogP contribution >= 0.6 is 23.2 Å². The van der Waals surface area contributed by atoms with Gasteiger partial charge in [0.25, 0.3) is 10.0 Å². The van der Waals surface area contributed by atoms with E-state index in [-0.39, 0.29) is 41.2 Å². The van der Waals surface area contributed by atoms with E-state index in [0.29, 0.717) is 21.4 Å². The molecule has 5 rings (SSSR count). The van der Waals surface area contributed by atoms with Gasteiger partial charge in [0.1, 0.15) is 12.6 Å². The molecule has 0 aromatic heterocycles. The summed E-state index contributed by atoms with van der Waals surface area (Å²) in [5, 5.41) is 3.81. The van der Waals surface area contributed by atoms with Crippen molar-refractivity contribution in [3.05, 3.63) is 118 Å². The number of halogens is 2. The first-order valence-electron chi connectivity index (χ1n) is 16.4. The van der Waals surface area contributed by atoms with Crippen molar-refractivity contribution in [3.63, 3.8) is 0 Å². The summed E-state index contributed by atoms with van der Waals surface area (Å²) in [6, 6.07) is 24.5. The summed E-state index contributed by atoms with van der Waals surface area (Å²) in [4.78, 5) is 30.4. The number of aryl methyl sites for hydroxylation is 1. The topological polar surface area (TPSA) is 105 Å². The van der Waals surface area contributed by atoms with E-state index in [0.717, 1.165) is 41.1 Å². The molecule has 0 spiro atoms.